The van der Waals surface area contributed by atoms with Crippen molar-refractivity contribution >= 4 is 5.91 Å². The number of likely N-dealkylation sites (tertiary alicyclic amines) is 1. The fourth-order valence-corrected chi connectivity index (χ4v) is 2.85. The Labute approximate surface area is 126 Å². The van der Waals surface area contributed by atoms with E-state index in [1.807, 2.05) is 29.2 Å². The molecule has 2 rings (SSSR count). The second-order valence-electron chi connectivity index (χ2n) is 5.76. The summed E-state index contributed by atoms with van der Waals surface area (Å²) in [6.07, 6.45) is 3.21. The molecule has 4 heteroatoms. The molecule has 0 aliphatic carbocycles. The standard InChI is InChI=1S/C17H25NO3/c1-3-10-21-16-8-4-6-14(12-16)17(20)18-9-5-7-15(18)11-13(2)19/h4,6,8,12-13,15,19H,3,5,7,9-11H2,1-2H3. The van der Waals surface area contributed by atoms with Gasteiger partial charge >= 0.3 is 0 Å². The van der Waals surface area contributed by atoms with Crippen molar-refractivity contribution in [1.29, 1.82) is 0 Å². The summed E-state index contributed by atoms with van der Waals surface area (Å²) in [7, 11) is 0. The predicted octanol–water partition coefficient (Wildman–Crippen LogP) is 2.85. The lowest BCUT2D eigenvalue weighted by Gasteiger charge is -2.26. The highest BCUT2D eigenvalue weighted by atomic mass is 16.5. The van der Waals surface area contributed by atoms with Crippen LogP contribution in [0.5, 0.6) is 5.75 Å². The zero-order valence-corrected chi connectivity index (χ0v) is 12.9. The van der Waals surface area contributed by atoms with Gasteiger partial charge in [-0.3, -0.25) is 4.79 Å². The number of aliphatic hydroxyl groups excluding tert-OH is 1. The number of amides is 1. The van der Waals surface area contributed by atoms with Crippen molar-refractivity contribution in [2.24, 2.45) is 0 Å². The summed E-state index contributed by atoms with van der Waals surface area (Å²) >= 11 is 0. The van der Waals surface area contributed by atoms with Crippen LogP contribution in [0.2, 0.25) is 0 Å². The van der Waals surface area contributed by atoms with Gasteiger partial charge in [0.1, 0.15) is 5.75 Å². The summed E-state index contributed by atoms with van der Waals surface area (Å²) in [5.74, 6) is 0.786. The van der Waals surface area contributed by atoms with E-state index in [0.717, 1.165) is 31.6 Å². The summed E-state index contributed by atoms with van der Waals surface area (Å²) < 4.78 is 5.59. The molecule has 0 aromatic heterocycles. The quantitative estimate of drug-likeness (QED) is 0.877. The Hall–Kier alpha value is -1.55. The van der Waals surface area contributed by atoms with Crippen LogP contribution in [0.15, 0.2) is 24.3 Å². The SMILES string of the molecule is CCCOc1cccc(C(=O)N2CCCC2CC(C)O)c1. The van der Waals surface area contributed by atoms with E-state index in [1.165, 1.54) is 0 Å². The van der Waals surface area contributed by atoms with Crippen molar-refractivity contribution in [3.05, 3.63) is 29.8 Å². The Morgan fingerprint density at radius 3 is 3.05 bits per heavy atom. The number of carbonyl (C=O) groups is 1. The highest BCUT2D eigenvalue weighted by Gasteiger charge is 2.30. The minimum absolute atomic E-state index is 0.0418. The highest BCUT2D eigenvalue weighted by Crippen LogP contribution is 2.25. The number of ether oxygens (including phenoxy) is 1. The molecule has 1 aromatic carbocycles. The first kappa shape index (κ1) is 15.8. The molecule has 1 saturated heterocycles. The van der Waals surface area contributed by atoms with Crippen LogP contribution >= 0.6 is 0 Å². The first-order valence-corrected chi connectivity index (χ1v) is 7.83. The predicted molar refractivity (Wildman–Crippen MR) is 82.6 cm³/mol. The second-order valence-corrected chi connectivity index (χ2v) is 5.76. The third kappa shape index (κ3) is 4.21. The number of carbonyl (C=O) groups excluding carboxylic acids is 1. The lowest BCUT2D eigenvalue weighted by molar-refractivity contribution is 0.0681. The molecule has 1 aromatic rings. The van der Waals surface area contributed by atoms with Crippen molar-refractivity contribution in [3.63, 3.8) is 0 Å². The average molecular weight is 291 g/mol. The molecule has 1 heterocycles. The normalized spacial score (nSPS) is 19.6. The Balaban J connectivity index is 2.08. The van der Waals surface area contributed by atoms with E-state index in [2.05, 4.69) is 6.92 Å². The van der Waals surface area contributed by atoms with Crippen molar-refractivity contribution < 1.29 is 14.6 Å². The summed E-state index contributed by atoms with van der Waals surface area (Å²) in [6, 6.07) is 7.54. The number of nitrogens with zero attached hydrogens (tertiary/aromatic N) is 1. The molecule has 1 N–H and O–H groups in total. The van der Waals surface area contributed by atoms with Crippen LogP contribution in [0.1, 0.15) is 49.9 Å². The summed E-state index contributed by atoms with van der Waals surface area (Å²) in [4.78, 5) is 14.5. The molecule has 21 heavy (non-hydrogen) atoms. The van der Waals surface area contributed by atoms with Gasteiger partial charge in [-0.1, -0.05) is 13.0 Å². The monoisotopic (exact) mass is 291 g/mol. The topological polar surface area (TPSA) is 49.8 Å². The van der Waals surface area contributed by atoms with Crippen molar-refractivity contribution in [2.75, 3.05) is 13.2 Å². The van der Waals surface area contributed by atoms with Gasteiger partial charge in [-0.15, -0.1) is 0 Å². The Bertz CT molecular complexity index is 473. The Morgan fingerprint density at radius 2 is 2.33 bits per heavy atom. The number of aliphatic hydroxyl groups is 1. The summed E-state index contributed by atoms with van der Waals surface area (Å²) in [5.41, 5.74) is 0.668. The minimum Gasteiger partial charge on any atom is -0.494 e. The van der Waals surface area contributed by atoms with E-state index < -0.39 is 0 Å². The van der Waals surface area contributed by atoms with E-state index in [9.17, 15) is 9.90 Å². The van der Waals surface area contributed by atoms with Crippen LogP contribution in [-0.4, -0.2) is 41.2 Å². The molecule has 1 aliphatic rings. The molecule has 2 atom stereocenters. The minimum atomic E-state index is -0.373. The van der Waals surface area contributed by atoms with Gasteiger partial charge in [-0.05, 0) is 50.8 Å². The number of benzene rings is 1. The van der Waals surface area contributed by atoms with Gasteiger partial charge in [0.15, 0.2) is 0 Å². The van der Waals surface area contributed by atoms with E-state index in [4.69, 9.17) is 4.74 Å². The fraction of sp³-hybridized carbons (Fsp3) is 0.588. The number of hydrogen-bond donors (Lipinski definition) is 1. The van der Waals surface area contributed by atoms with E-state index in [0.29, 0.717) is 18.6 Å². The van der Waals surface area contributed by atoms with Crippen LogP contribution in [0.3, 0.4) is 0 Å². The molecule has 4 nitrogen and oxygen atoms in total. The van der Waals surface area contributed by atoms with Crippen molar-refractivity contribution in [3.8, 4) is 5.75 Å². The maximum absolute atomic E-state index is 12.7. The zero-order valence-electron chi connectivity index (χ0n) is 12.9. The van der Waals surface area contributed by atoms with Gasteiger partial charge in [0.2, 0.25) is 0 Å². The fourth-order valence-electron chi connectivity index (χ4n) is 2.85. The molecule has 116 valence electrons. The third-order valence-corrected chi connectivity index (χ3v) is 3.81. The van der Waals surface area contributed by atoms with Gasteiger partial charge in [0.25, 0.3) is 5.91 Å². The molecule has 0 bridgehead atoms. The van der Waals surface area contributed by atoms with Gasteiger partial charge in [0.05, 0.1) is 12.7 Å². The van der Waals surface area contributed by atoms with Crippen LogP contribution in [0.4, 0.5) is 0 Å². The Morgan fingerprint density at radius 1 is 1.52 bits per heavy atom. The molecule has 1 amide bonds. The van der Waals surface area contributed by atoms with Gasteiger partial charge in [-0.2, -0.15) is 0 Å². The first-order chi connectivity index (χ1) is 10.1. The van der Waals surface area contributed by atoms with Crippen LogP contribution in [0.25, 0.3) is 0 Å². The van der Waals surface area contributed by atoms with E-state index >= 15 is 0 Å². The van der Waals surface area contributed by atoms with Gasteiger partial charge in [-0.25, -0.2) is 0 Å². The summed E-state index contributed by atoms with van der Waals surface area (Å²) in [6.45, 7) is 5.27. The molecule has 2 unspecified atom stereocenters. The summed E-state index contributed by atoms with van der Waals surface area (Å²) in [5, 5.41) is 9.57. The van der Waals surface area contributed by atoms with Gasteiger partial charge < -0.3 is 14.7 Å². The number of rotatable bonds is 6. The molecule has 0 spiro atoms. The largest absolute Gasteiger partial charge is 0.494 e. The molecule has 1 fully saturated rings. The average Bonchev–Trinajstić information content (AvgIpc) is 2.92. The van der Waals surface area contributed by atoms with E-state index in [1.54, 1.807) is 6.92 Å². The van der Waals surface area contributed by atoms with Crippen LogP contribution < -0.4 is 4.74 Å². The molecule has 0 saturated carbocycles. The maximum Gasteiger partial charge on any atom is 0.254 e. The van der Waals surface area contributed by atoms with E-state index in [-0.39, 0.29) is 18.1 Å². The van der Waals surface area contributed by atoms with Crippen molar-refractivity contribution in [1.82, 2.24) is 4.90 Å². The second kappa shape index (κ2) is 7.46. The van der Waals surface area contributed by atoms with Crippen LogP contribution in [0, 0.1) is 0 Å². The Kier molecular flexibility index (Phi) is 5.62. The van der Waals surface area contributed by atoms with Crippen LogP contribution in [-0.2, 0) is 0 Å². The molecule has 0 radical (unpaired) electrons. The third-order valence-electron chi connectivity index (χ3n) is 3.81. The lowest BCUT2D eigenvalue weighted by atomic mass is 10.1. The van der Waals surface area contributed by atoms with Crippen molar-refractivity contribution in [2.45, 2.75) is 51.7 Å². The molecule has 1 aliphatic heterocycles. The molecular weight excluding hydrogens is 266 g/mol. The lowest BCUT2D eigenvalue weighted by Crippen LogP contribution is -2.37. The molecular formula is C17H25NO3. The zero-order chi connectivity index (χ0) is 15.2. The van der Waals surface area contributed by atoms with Gasteiger partial charge in [0, 0.05) is 18.2 Å². The smallest absolute Gasteiger partial charge is 0.254 e. The maximum atomic E-state index is 12.7. The first-order valence-electron chi connectivity index (χ1n) is 7.83. The highest BCUT2D eigenvalue weighted by molar-refractivity contribution is 5.95. The number of hydrogen-bond acceptors (Lipinski definition) is 3.